The van der Waals surface area contributed by atoms with Crippen LogP contribution < -0.4 is 5.32 Å². The van der Waals surface area contributed by atoms with Crippen LogP contribution in [0.2, 0.25) is 0 Å². The molecule has 1 aromatic heterocycles. The Morgan fingerprint density at radius 3 is 2.52 bits per heavy atom. The second-order valence-corrected chi connectivity index (χ2v) is 4.74. The van der Waals surface area contributed by atoms with Gasteiger partial charge < -0.3 is 10.1 Å². The summed E-state index contributed by atoms with van der Waals surface area (Å²) in [4.78, 5) is 27.3. The summed E-state index contributed by atoms with van der Waals surface area (Å²) in [5.41, 5.74) is 3.11. The van der Waals surface area contributed by atoms with Gasteiger partial charge in [0.25, 0.3) is 5.91 Å². The van der Waals surface area contributed by atoms with Gasteiger partial charge in [0.05, 0.1) is 5.56 Å². The second kappa shape index (κ2) is 6.65. The zero-order valence-corrected chi connectivity index (χ0v) is 11.9. The molecule has 5 heteroatoms. The average molecular weight is 284 g/mol. The van der Waals surface area contributed by atoms with Crippen molar-refractivity contribution in [2.45, 2.75) is 13.8 Å². The maximum absolute atomic E-state index is 11.8. The molecule has 0 bridgehead atoms. The molecule has 0 unspecified atom stereocenters. The fraction of sp³-hybridized carbons (Fsp3) is 0.188. The molecule has 1 aromatic carbocycles. The molecule has 1 N–H and O–H groups in total. The molecule has 21 heavy (non-hydrogen) atoms. The van der Waals surface area contributed by atoms with Crippen molar-refractivity contribution in [1.82, 2.24) is 4.98 Å². The van der Waals surface area contributed by atoms with E-state index in [0.29, 0.717) is 11.3 Å². The third-order valence-electron chi connectivity index (χ3n) is 2.74. The molecule has 0 radical (unpaired) electrons. The minimum atomic E-state index is -0.571. The summed E-state index contributed by atoms with van der Waals surface area (Å²) in [6, 6.07) is 8.93. The maximum Gasteiger partial charge on any atom is 0.340 e. The van der Waals surface area contributed by atoms with Gasteiger partial charge in [0.15, 0.2) is 6.61 Å². The Bertz CT molecular complexity index is 634. The number of hydrogen-bond acceptors (Lipinski definition) is 4. The van der Waals surface area contributed by atoms with Crippen molar-refractivity contribution in [3.8, 4) is 0 Å². The molecular formula is C16H16N2O3. The van der Waals surface area contributed by atoms with E-state index in [0.717, 1.165) is 11.1 Å². The van der Waals surface area contributed by atoms with Crippen LogP contribution in [0.4, 0.5) is 5.69 Å². The summed E-state index contributed by atoms with van der Waals surface area (Å²) in [6.45, 7) is 3.57. The highest BCUT2D eigenvalue weighted by atomic mass is 16.5. The number of carbonyl (C=O) groups is 2. The van der Waals surface area contributed by atoms with Crippen molar-refractivity contribution < 1.29 is 14.3 Å². The first-order chi connectivity index (χ1) is 10.0. The van der Waals surface area contributed by atoms with E-state index >= 15 is 0 Å². The molecule has 0 fully saturated rings. The SMILES string of the molecule is Cc1cc(C)cc(NC(=O)COC(=O)c2cccnc2)c1. The smallest absolute Gasteiger partial charge is 0.340 e. The minimum absolute atomic E-state index is 0.316. The highest BCUT2D eigenvalue weighted by molar-refractivity contribution is 5.95. The first-order valence-electron chi connectivity index (χ1n) is 6.50. The quantitative estimate of drug-likeness (QED) is 0.876. The molecule has 2 rings (SSSR count). The lowest BCUT2D eigenvalue weighted by molar-refractivity contribution is -0.119. The first kappa shape index (κ1) is 14.7. The molecule has 0 aliphatic carbocycles. The van der Waals surface area contributed by atoms with Crippen molar-refractivity contribution in [3.05, 3.63) is 59.4 Å². The molecular weight excluding hydrogens is 268 g/mol. The topological polar surface area (TPSA) is 68.3 Å². The number of ether oxygens (including phenoxy) is 1. The molecule has 1 heterocycles. The van der Waals surface area contributed by atoms with E-state index in [1.807, 2.05) is 32.0 Å². The summed E-state index contributed by atoms with van der Waals surface area (Å²) in [5, 5.41) is 2.70. The largest absolute Gasteiger partial charge is 0.452 e. The van der Waals surface area contributed by atoms with Gasteiger partial charge in [-0.1, -0.05) is 6.07 Å². The Hall–Kier alpha value is -2.69. The summed E-state index contributed by atoms with van der Waals surface area (Å²) < 4.78 is 4.93. The molecule has 2 aromatic rings. The number of pyridine rings is 1. The lowest BCUT2D eigenvalue weighted by Gasteiger charge is -2.08. The lowest BCUT2D eigenvalue weighted by atomic mass is 10.1. The molecule has 0 saturated carbocycles. The Balaban J connectivity index is 1.89. The third kappa shape index (κ3) is 4.42. The molecule has 0 atom stereocenters. The monoisotopic (exact) mass is 284 g/mol. The van der Waals surface area contributed by atoms with E-state index in [9.17, 15) is 9.59 Å². The van der Waals surface area contributed by atoms with Gasteiger partial charge in [-0.25, -0.2) is 4.79 Å². The summed E-state index contributed by atoms with van der Waals surface area (Å²) in [5.74, 6) is -0.948. The Kier molecular flexibility index (Phi) is 4.66. The lowest BCUT2D eigenvalue weighted by Crippen LogP contribution is -2.21. The van der Waals surface area contributed by atoms with Crippen molar-refractivity contribution in [3.63, 3.8) is 0 Å². The van der Waals surface area contributed by atoms with Crippen LogP contribution in [0, 0.1) is 13.8 Å². The number of nitrogens with one attached hydrogen (secondary N) is 1. The fourth-order valence-electron chi connectivity index (χ4n) is 1.94. The zero-order valence-electron chi connectivity index (χ0n) is 11.9. The number of carbonyl (C=O) groups excluding carboxylic acids is 2. The van der Waals surface area contributed by atoms with Crippen molar-refractivity contribution >= 4 is 17.6 Å². The van der Waals surface area contributed by atoms with E-state index in [1.165, 1.54) is 6.20 Å². The van der Waals surface area contributed by atoms with Gasteiger partial charge in [-0.05, 0) is 49.2 Å². The maximum atomic E-state index is 11.8. The van der Waals surface area contributed by atoms with Crippen LogP contribution in [0.1, 0.15) is 21.5 Å². The molecule has 0 aliphatic rings. The first-order valence-corrected chi connectivity index (χ1v) is 6.50. The highest BCUT2D eigenvalue weighted by Crippen LogP contribution is 2.13. The molecule has 0 aliphatic heterocycles. The van der Waals surface area contributed by atoms with Crippen molar-refractivity contribution in [1.29, 1.82) is 0 Å². The predicted molar refractivity (Wildman–Crippen MR) is 79.1 cm³/mol. The molecule has 1 amide bonds. The normalized spacial score (nSPS) is 10.0. The van der Waals surface area contributed by atoms with Gasteiger partial charge in [-0.2, -0.15) is 0 Å². The van der Waals surface area contributed by atoms with Gasteiger partial charge in [-0.15, -0.1) is 0 Å². The van der Waals surface area contributed by atoms with Gasteiger partial charge in [-0.3, -0.25) is 9.78 Å². The van der Waals surface area contributed by atoms with Crippen molar-refractivity contribution in [2.24, 2.45) is 0 Å². The summed E-state index contributed by atoms with van der Waals surface area (Å²) >= 11 is 0. The van der Waals surface area contributed by atoms with Crippen LogP contribution in [-0.2, 0) is 9.53 Å². The molecule has 108 valence electrons. The number of nitrogens with zero attached hydrogens (tertiary/aromatic N) is 1. The van der Waals surface area contributed by atoms with E-state index in [2.05, 4.69) is 10.3 Å². The zero-order chi connectivity index (χ0) is 15.2. The van der Waals surface area contributed by atoms with Gasteiger partial charge in [0, 0.05) is 18.1 Å². The highest BCUT2D eigenvalue weighted by Gasteiger charge is 2.10. The fourth-order valence-corrected chi connectivity index (χ4v) is 1.94. The number of aryl methyl sites for hydroxylation is 2. The Morgan fingerprint density at radius 1 is 1.19 bits per heavy atom. The number of amides is 1. The minimum Gasteiger partial charge on any atom is -0.452 e. The Labute approximate surface area is 123 Å². The summed E-state index contributed by atoms with van der Waals surface area (Å²) in [7, 11) is 0. The number of anilines is 1. The van der Waals surface area contributed by atoms with Crippen LogP contribution >= 0.6 is 0 Å². The van der Waals surface area contributed by atoms with E-state index in [1.54, 1.807) is 18.3 Å². The molecule has 5 nitrogen and oxygen atoms in total. The number of benzene rings is 1. The number of hydrogen-bond donors (Lipinski definition) is 1. The number of aromatic nitrogens is 1. The van der Waals surface area contributed by atoms with Gasteiger partial charge in [0.2, 0.25) is 0 Å². The average Bonchev–Trinajstić information content (AvgIpc) is 2.44. The van der Waals surface area contributed by atoms with E-state index in [-0.39, 0.29) is 12.5 Å². The van der Waals surface area contributed by atoms with Crippen LogP contribution in [0.25, 0.3) is 0 Å². The van der Waals surface area contributed by atoms with Crippen LogP contribution in [0.15, 0.2) is 42.7 Å². The Morgan fingerprint density at radius 2 is 1.90 bits per heavy atom. The van der Waals surface area contributed by atoms with Gasteiger partial charge >= 0.3 is 5.97 Å². The van der Waals surface area contributed by atoms with Crippen LogP contribution in [-0.4, -0.2) is 23.5 Å². The number of esters is 1. The predicted octanol–water partition coefficient (Wildman–Crippen LogP) is 2.49. The third-order valence-corrected chi connectivity index (χ3v) is 2.74. The second-order valence-electron chi connectivity index (χ2n) is 4.74. The standard InChI is InChI=1S/C16H16N2O3/c1-11-6-12(2)8-14(7-11)18-15(19)10-21-16(20)13-4-3-5-17-9-13/h3-9H,10H2,1-2H3,(H,18,19). The van der Waals surface area contributed by atoms with E-state index in [4.69, 9.17) is 4.74 Å². The van der Waals surface area contributed by atoms with E-state index < -0.39 is 5.97 Å². The molecule has 0 saturated heterocycles. The summed E-state index contributed by atoms with van der Waals surface area (Å²) in [6.07, 6.45) is 2.95. The number of rotatable bonds is 4. The molecule has 0 spiro atoms. The van der Waals surface area contributed by atoms with Crippen molar-refractivity contribution in [2.75, 3.05) is 11.9 Å². The van der Waals surface area contributed by atoms with Crippen LogP contribution in [0.5, 0.6) is 0 Å². The van der Waals surface area contributed by atoms with Gasteiger partial charge in [0.1, 0.15) is 0 Å². The van der Waals surface area contributed by atoms with Crippen LogP contribution in [0.3, 0.4) is 0 Å².